The molecule has 5 rings (SSSR count). The normalized spacial score (nSPS) is 21.0. The van der Waals surface area contributed by atoms with E-state index >= 15 is 0 Å². The number of hydrogen-bond donors (Lipinski definition) is 0. The van der Waals surface area contributed by atoms with Gasteiger partial charge in [-0.3, -0.25) is 0 Å². The highest BCUT2D eigenvalue weighted by molar-refractivity contribution is 6.03. The van der Waals surface area contributed by atoms with Crippen LogP contribution in [0.15, 0.2) is 36.4 Å². The third-order valence-corrected chi connectivity index (χ3v) is 5.56. The van der Waals surface area contributed by atoms with Crippen molar-refractivity contribution in [3.05, 3.63) is 58.7 Å². The first-order chi connectivity index (χ1) is 9.87. The molecule has 0 atom stereocenters. The van der Waals surface area contributed by atoms with Gasteiger partial charge < -0.3 is 0 Å². The molecular formula is C20H18. The van der Waals surface area contributed by atoms with Crippen molar-refractivity contribution in [2.45, 2.75) is 37.5 Å². The predicted molar refractivity (Wildman–Crippen MR) is 85.9 cm³/mol. The van der Waals surface area contributed by atoms with E-state index in [-0.39, 0.29) is 0 Å². The second-order valence-electron chi connectivity index (χ2n) is 6.57. The zero-order valence-electron chi connectivity index (χ0n) is 11.7. The van der Waals surface area contributed by atoms with Gasteiger partial charge in [-0.25, -0.2) is 0 Å². The second-order valence-corrected chi connectivity index (χ2v) is 6.57. The largest absolute Gasteiger partial charge is 0.0795 e. The highest BCUT2D eigenvalue weighted by Crippen LogP contribution is 2.49. The summed E-state index contributed by atoms with van der Waals surface area (Å²) in [6, 6.07) is 9.41. The Morgan fingerprint density at radius 2 is 1.60 bits per heavy atom. The number of rotatable bonds is 0. The SMILES string of the molecule is C1=Cc2ccc3c4c(ccc(c24)C1)C1(C=C3)CCCC1. The van der Waals surface area contributed by atoms with E-state index in [1.54, 1.807) is 10.9 Å². The molecule has 20 heavy (non-hydrogen) atoms. The highest BCUT2D eigenvalue weighted by atomic mass is 14.4. The quantitative estimate of drug-likeness (QED) is 0.605. The molecule has 0 heteroatoms. The molecule has 1 saturated carbocycles. The Morgan fingerprint density at radius 1 is 0.800 bits per heavy atom. The number of allylic oxidation sites excluding steroid dienone is 2. The first-order valence-electron chi connectivity index (χ1n) is 7.82. The molecule has 0 heterocycles. The summed E-state index contributed by atoms with van der Waals surface area (Å²) in [7, 11) is 0. The number of hydrogen-bond acceptors (Lipinski definition) is 0. The molecule has 0 amide bonds. The van der Waals surface area contributed by atoms with E-state index in [1.165, 1.54) is 47.8 Å². The maximum atomic E-state index is 2.50. The average molecular weight is 258 g/mol. The number of fused-ring (bicyclic) bond motifs is 1. The van der Waals surface area contributed by atoms with Crippen LogP contribution in [0.2, 0.25) is 0 Å². The van der Waals surface area contributed by atoms with Gasteiger partial charge in [0.05, 0.1) is 0 Å². The Balaban J connectivity index is 1.95. The van der Waals surface area contributed by atoms with Crippen molar-refractivity contribution in [1.82, 2.24) is 0 Å². The highest BCUT2D eigenvalue weighted by Gasteiger charge is 2.37. The standard InChI is InChI=1S/C20H18/c1-2-12-20(11-1)13-10-16-7-6-14-4-3-5-15-8-9-17(20)19(16)18(14)15/h3-4,6-10,13H,1-2,5,11-12H2. The Bertz CT molecular complexity index is 783. The molecule has 3 aliphatic rings. The molecule has 98 valence electrons. The monoisotopic (exact) mass is 258 g/mol. The molecule has 0 N–H and O–H groups in total. The minimum absolute atomic E-state index is 0.339. The van der Waals surface area contributed by atoms with Gasteiger partial charge in [0.15, 0.2) is 0 Å². The molecule has 0 aromatic heterocycles. The van der Waals surface area contributed by atoms with Crippen molar-refractivity contribution in [3.8, 4) is 0 Å². The van der Waals surface area contributed by atoms with Gasteiger partial charge in [0.1, 0.15) is 0 Å². The first kappa shape index (κ1) is 10.9. The van der Waals surface area contributed by atoms with Crippen molar-refractivity contribution in [3.63, 3.8) is 0 Å². The molecule has 3 aliphatic carbocycles. The van der Waals surface area contributed by atoms with Crippen LogP contribution < -0.4 is 0 Å². The van der Waals surface area contributed by atoms with Gasteiger partial charge in [-0.1, -0.05) is 61.4 Å². The summed E-state index contributed by atoms with van der Waals surface area (Å²) in [5.74, 6) is 0. The molecule has 0 saturated heterocycles. The third kappa shape index (κ3) is 1.22. The minimum atomic E-state index is 0.339. The van der Waals surface area contributed by atoms with Crippen molar-refractivity contribution >= 4 is 22.9 Å². The van der Waals surface area contributed by atoms with E-state index in [1.807, 2.05) is 0 Å². The summed E-state index contributed by atoms with van der Waals surface area (Å²) in [4.78, 5) is 0. The Labute approximate surface area is 119 Å². The lowest BCUT2D eigenvalue weighted by Gasteiger charge is -2.32. The van der Waals surface area contributed by atoms with Gasteiger partial charge in [0, 0.05) is 5.41 Å². The van der Waals surface area contributed by atoms with Crippen LogP contribution >= 0.6 is 0 Å². The maximum absolute atomic E-state index is 2.50. The van der Waals surface area contributed by atoms with Crippen molar-refractivity contribution in [2.75, 3.05) is 0 Å². The Kier molecular flexibility index (Phi) is 1.98. The third-order valence-electron chi connectivity index (χ3n) is 5.56. The summed E-state index contributed by atoms with van der Waals surface area (Å²) in [5, 5.41) is 3.08. The zero-order chi connectivity index (χ0) is 13.2. The lowest BCUT2D eigenvalue weighted by molar-refractivity contribution is 0.563. The lowest BCUT2D eigenvalue weighted by Crippen LogP contribution is -2.22. The molecule has 1 fully saturated rings. The Morgan fingerprint density at radius 3 is 2.45 bits per heavy atom. The predicted octanol–water partition coefficient (Wildman–Crippen LogP) is 5.25. The van der Waals surface area contributed by atoms with Crippen LogP contribution in [0.3, 0.4) is 0 Å². The summed E-state index contributed by atoms with van der Waals surface area (Å²) < 4.78 is 0. The van der Waals surface area contributed by atoms with Crippen LogP contribution in [0.1, 0.15) is 47.9 Å². The van der Waals surface area contributed by atoms with E-state index in [0.717, 1.165) is 6.42 Å². The molecule has 0 unspecified atom stereocenters. The van der Waals surface area contributed by atoms with Crippen LogP contribution in [-0.2, 0) is 11.8 Å². The van der Waals surface area contributed by atoms with Crippen LogP contribution in [0.4, 0.5) is 0 Å². The van der Waals surface area contributed by atoms with Crippen LogP contribution in [-0.4, -0.2) is 0 Å². The smallest absolute Gasteiger partial charge is 0.0141 e. The van der Waals surface area contributed by atoms with Gasteiger partial charge >= 0.3 is 0 Å². The summed E-state index contributed by atoms with van der Waals surface area (Å²) in [6.45, 7) is 0. The Hall–Kier alpha value is -1.82. The van der Waals surface area contributed by atoms with E-state index in [4.69, 9.17) is 0 Å². The van der Waals surface area contributed by atoms with Gasteiger partial charge in [-0.05, 0) is 52.3 Å². The van der Waals surface area contributed by atoms with Gasteiger partial charge in [-0.15, -0.1) is 0 Å². The molecule has 0 radical (unpaired) electrons. The molecular weight excluding hydrogens is 240 g/mol. The summed E-state index contributed by atoms with van der Waals surface area (Å²) in [5.41, 5.74) is 6.28. The fourth-order valence-electron chi connectivity index (χ4n) is 4.58. The van der Waals surface area contributed by atoms with Gasteiger partial charge in [0.25, 0.3) is 0 Å². The van der Waals surface area contributed by atoms with Gasteiger partial charge in [-0.2, -0.15) is 0 Å². The molecule has 2 aromatic rings. The van der Waals surface area contributed by atoms with E-state index in [9.17, 15) is 0 Å². The number of benzene rings is 2. The molecule has 1 spiro atoms. The molecule has 0 aliphatic heterocycles. The minimum Gasteiger partial charge on any atom is -0.0795 e. The fraction of sp³-hybridized carbons (Fsp3) is 0.300. The molecule has 0 bridgehead atoms. The first-order valence-corrected chi connectivity index (χ1v) is 7.82. The van der Waals surface area contributed by atoms with E-state index in [0.29, 0.717) is 5.41 Å². The maximum Gasteiger partial charge on any atom is 0.0141 e. The lowest BCUT2D eigenvalue weighted by atomic mass is 9.71. The van der Waals surface area contributed by atoms with E-state index in [2.05, 4.69) is 48.6 Å². The van der Waals surface area contributed by atoms with Crippen molar-refractivity contribution < 1.29 is 0 Å². The van der Waals surface area contributed by atoms with Gasteiger partial charge in [0.2, 0.25) is 0 Å². The van der Waals surface area contributed by atoms with E-state index < -0.39 is 0 Å². The average Bonchev–Trinajstić information content (AvgIpc) is 2.96. The molecule has 2 aromatic carbocycles. The topological polar surface area (TPSA) is 0 Å². The van der Waals surface area contributed by atoms with Crippen molar-refractivity contribution in [2.24, 2.45) is 0 Å². The fourth-order valence-corrected chi connectivity index (χ4v) is 4.58. The summed E-state index contributed by atoms with van der Waals surface area (Å²) in [6.07, 6.45) is 16.0. The van der Waals surface area contributed by atoms with Crippen molar-refractivity contribution in [1.29, 1.82) is 0 Å². The second kappa shape index (κ2) is 3.63. The zero-order valence-corrected chi connectivity index (χ0v) is 11.7. The molecule has 0 nitrogen and oxygen atoms in total. The summed E-state index contributed by atoms with van der Waals surface area (Å²) >= 11 is 0. The van der Waals surface area contributed by atoms with Crippen LogP contribution in [0.5, 0.6) is 0 Å². The van der Waals surface area contributed by atoms with Crippen LogP contribution in [0, 0.1) is 0 Å². The van der Waals surface area contributed by atoms with Crippen LogP contribution in [0.25, 0.3) is 22.9 Å².